The molecule has 5 rings (SSSR count). The molecular weight excluding hydrogens is 380 g/mol. The van der Waals surface area contributed by atoms with Gasteiger partial charge in [-0.3, -0.25) is 19.3 Å². The van der Waals surface area contributed by atoms with E-state index in [0.717, 1.165) is 26.7 Å². The number of fused-ring (bicyclic) bond motifs is 5. The Morgan fingerprint density at radius 3 is 2.27 bits per heavy atom. The molecule has 0 fully saturated rings. The molecule has 0 unspecified atom stereocenters. The second kappa shape index (κ2) is 6.29. The molecule has 3 aromatic carbocycles. The number of rotatable bonds is 2. The maximum Gasteiger partial charge on any atom is 0.308 e. The van der Waals surface area contributed by atoms with Crippen LogP contribution in [-0.4, -0.2) is 34.3 Å². The van der Waals surface area contributed by atoms with Gasteiger partial charge in [0.05, 0.1) is 16.6 Å². The molecule has 6 heteroatoms. The third kappa shape index (κ3) is 2.33. The van der Waals surface area contributed by atoms with E-state index in [1.807, 2.05) is 48.0 Å². The van der Waals surface area contributed by atoms with E-state index < -0.39 is 5.97 Å². The average molecular weight is 398 g/mol. The van der Waals surface area contributed by atoms with Crippen LogP contribution in [0.5, 0.6) is 5.75 Å². The summed E-state index contributed by atoms with van der Waals surface area (Å²) in [5.74, 6) is -0.801. The van der Waals surface area contributed by atoms with Crippen molar-refractivity contribution in [1.29, 1.82) is 0 Å². The zero-order valence-corrected chi connectivity index (χ0v) is 16.7. The number of benzene rings is 3. The summed E-state index contributed by atoms with van der Waals surface area (Å²) in [7, 11) is 3.42. The largest absolute Gasteiger partial charge is 0.426 e. The molecular formula is C24H18N2O4. The van der Waals surface area contributed by atoms with Crippen LogP contribution in [0.2, 0.25) is 0 Å². The molecule has 4 aromatic rings. The van der Waals surface area contributed by atoms with Crippen molar-refractivity contribution in [3.63, 3.8) is 0 Å². The minimum Gasteiger partial charge on any atom is -0.426 e. The predicted molar refractivity (Wildman–Crippen MR) is 114 cm³/mol. The van der Waals surface area contributed by atoms with Crippen LogP contribution in [0.25, 0.3) is 32.9 Å². The first-order chi connectivity index (χ1) is 14.4. The van der Waals surface area contributed by atoms with Crippen molar-refractivity contribution < 1.29 is 19.1 Å². The molecule has 1 aromatic heterocycles. The summed E-state index contributed by atoms with van der Waals surface area (Å²) in [6, 6.07) is 16.8. The standard InChI is InChI=1S/C24H18N2O4/c1-13(27)30-19-11-7-5-8-14(19)16-12-18-20(15-9-4-6-10-17(15)25(18)2)22-21(16)23(28)26(3)24(22)29/h4-12H,1-3H3. The molecule has 0 saturated heterocycles. The average Bonchev–Trinajstić information content (AvgIpc) is 3.14. The quantitative estimate of drug-likeness (QED) is 0.289. The van der Waals surface area contributed by atoms with E-state index in [1.165, 1.54) is 14.0 Å². The number of esters is 1. The molecule has 0 spiro atoms. The lowest BCUT2D eigenvalue weighted by Gasteiger charge is -2.13. The highest BCUT2D eigenvalue weighted by atomic mass is 16.5. The Morgan fingerprint density at radius 2 is 1.50 bits per heavy atom. The molecule has 0 saturated carbocycles. The summed E-state index contributed by atoms with van der Waals surface area (Å²) in [4.78, 5) is 39.0. The van der Waals surface area contributed by atoms with E-state index in [4.69, 9.17) is 4.74 Å². The van der Waals surface area contributed by atoms with Gasteiger partial charge in [-0.25, -0.2) is 0 Å². The maximum atomic E-state index is 13.1. The molecule has 1 aliphatic rings. The van der Waals surface area contributed by atoms with Gasteiger partial charge in [0.1, 0.15) is 5.75 Å². The van der Waals surface area contributed by atoms with Gasteiger partial charge in [-0.2, -0.15) is 0 Å². The maximum absolute atomic E-state index is 13.1. The fourth-order valence-electron chi connectivity index (χ4n) is 4.32. The SMILES string of the molecule is CC(=O)Oc1ccccc1-c1cc2c(c3c1C(=O)N(C)C3=O)c1ccccc1n2C. The molecule has 0 bridgehead atoms. The lowest BCUT2D eigenvalue weighted by Crippen LogP contribution is -2.24. The first-order valence-corrected chi connectivity index (χ1v) is 9.54. The van der Waals surface area contributed by atoms with Gasteiger partial charge in [0, 0.05) is 48.4 Å². The number of nitrogens with zero attached hydrogens (tertiary/aromatic N) is 2. The van der Waals surface area contributed by atoms with Crippen molar-refractivity contribution in [2.75, 3.05) is 7.05 Å². The van der Waals surface area contributed by atoms with E-state index >= 15 is 0 Å². The number of hydrogen-bond donors (Lipinski definition) is 0. The molecule has 0 N–H and O–H groups in total. The number of ether oxygens (including phenoxy) is 1. The summed E-state index contributed by atoms with van der Waals surface area (Å²) in [5.41, 5.74) is 3.69. The van der Waals surface area contributed by atoms with Gasteiger partial charge in [-0.05, 0) is 18.2 Å². The second-order valence-electron chi connectivity index (χ2n) is 7.40. The Labute approximate surface area is 172 Å². The van der Waals surface area contributed by atoms with Crippen molar-refractivity contribution in [2.24, 2.45) is 7.05 Å². The zero-order valence-electron chi connectivity index (χ0n) is 16.7. The number of carbonyl (C=O) groups is 3. The van der Waals surface area contributed by atoms with Crippen molar-refractivity contribution in [3.8, 4) is 16.9 Å². The number of aryl methyl sites for hydroxylation is 1. The van der Waals surface area contributed by atoms with E-state index in [1.54, 1.807) is 18.2 Å². The summed E-state index contributed by atoms with van der Waals surface area (Å²) in [6.07, 6.45) is 0. The topological polar surface area (TPSA) is 68.6 Å². The Hall–Kier alpha value is -3.93. The van der Waals surface area contributed by atoms with Crippen LogP contribution in [-0.2, 0) is 11.8 Å². The summed E-state index contributed by atoms with van der Waals surface area (Å²) < 4.78 is 7.41. The summed E-state index contributed by atoms with van der Waals surface area (Å²) in [6.45, 7) is 1.33. The summed E-state index contributed by atoms with van der Waals surface area (Å²) >= 11 is 0. The minimum absolute atomic E-state index is 0.330. The fourth-order valence-corrected chi connectivity index (χ4v) is 4.32. The van der Waals surface area contributed by atoms with E-state index in [9.17, 15) is 14.4 Å². The predicted octanol–water partition coefficient (Wildman–Crippen LogP) is 4.15. The Bertz CT molecular complexity index is 1410. The second-order valence-corrected chi connectivity index (χ2v) is 7.40. The van der Waals surface area contributed by atoms with Crippen LogP contribution in [0.1, 0.15) is 27.6 Å². The highest BCUT2D eigenvalue weighted by molar-refractivity contribution is 6.32. The van der Waals surface area contributed by atoms with Crippen LogP contribution in [0.4, 0.5) is 0 Å². The van der Waals surface area contributed by atoms with Crippen molar-refractivity contribution in [3.05, 3.63) is 65.7 Å². The van der Waals surface area contributed by atoms with Gasteiger partial charge in [0.2, 0.25) is 0 Å². The van der Waals surface area contributed by atoms with Crippen molar-refractivity contribution in [2.45, 2.75) is 6.92 Å². The van der Waals surface area contributed by atoms with Crippen LogP contribution in [0, 0.1) is 0 Å². The molecule has 30 heavy (non-hydrogen) atoms. The number of hydrogen-bond acceptors (Lipinski definition) is 4. The van der Waals surface area contributed by atoms with Gasteiger partial charge in [-0.1, -0.05) is 36.4 Å². The number of carbonyl (C=O) groups excluding carboxylic acids is 3. The van der Waals surface area contributed by atoms with Crippen LogP contribution in [0.15, 0.2) is 54.6 Å². The monoisotopic (exact) mass is 398 g/mol. The number of para-hydroxylation sites is 2. The Kier molecular flexibility index (Phi) is 3.80. The Balaban J connectivity index is 1.96. The van der Waals surface area contributed by atoms with Crippen molar-refractivity contribution >= 4 is 39.6 Å². The van der Waals surface area contributed by atoms with Gasteiger partial charge in [0.25, 0.3) is 11.8 Å². The van der Waals surface area contributed by atoms with Crippen LogP contribution < -0.4 is 4.74 Å². The third-order valence-electron chi connectivity index (χ3n) is 5.67. The van der Waals surface area contributed by atoms with Crippen molar-refractivity contribution in [1.82, 2.24) is 9.47 Å². The van der Waals surface area contributed by atoms with Gasteiger partial charge in [0.15, 0.2) is 0 Å². The lowest BCUT2D eigenvalue weighted by molar-refractivity contribution is -0.131. The molecule has 6 nitrogen and oxygen atoms in total. The molecule has 0 radical (unpaired) electrons. The fraction of sp³-hybridized carbons (Fsp3) is 0.125. The smallest absolute Gasteiger partial charge is 0.308 e. The van der Waals surface area contributed by atoms with E-state index in [-0.39, 0.29) is 11.8 Å². The molecule has 1 aliphatic heterocycles. The van der Waals surface area contributed by atoms with Crippen LogP contribution in [0.3, 0.4) is 0 Å². The first-order valence-electron chi connectivity index (χ1n) is 9.54. The Morgan fingerprint density at radius 1 is 0.833 bits per heavy atom. The highest BCUT2D eigenvalue weighted by Crippen LogP contribution is 2.43. The molecule has 148 valence electrons. The normalized spacial score (nSPS) is 13.4. The van der Waals surface area contributed by atoms with Gasteiger partial charge < -0.3 is 9.30 Å². The van der Waals surface area contributed by atoms with Gasteiger partial charge in [-0.15, -0.1) is 0 Å². The number of aromatic nitrogens is 1. The minimum atomic E-state index is -0.454. The van der Waals surface area contributed by atoms with Crippen LogP contribution >= 0.6 is 0 Å². The zero-order chi connectivity index (χ0) is 21.2. The number of imide groups is 1. The molecule has 0 atom stereocenters. The van der Waals surface area contributed by atoms with E-state index in [2.05, 4.69) is 0 Å². The van der Waals surface area contributed by atoms with Gasteiger partial charge >= 0.3 is 5.97 Å². The summed E-state index contributed by atoms with van der Waals surface area (Å²) in [5, 5.41) is 1.68. The third-order valence-corrected chi connectivity index (χ3v) is 5.67. The molecule has 2 heterocycles. The van der Waals surface area contributed by atoms with E-state index in [0.29, 0.717) is 28.0 Å². The molecule has 0 aliphatic carbocycles. The first kappa shape index (κ1) is 18.1. The lowest BCUT2D eigenvalue weighted by atomic mass is 9.92. The highest BCUT2D eigenvalue weighted by Gasteiger charge is 2.39. The molecule has 2 amide bonds. The number of amides is 2.